The molecule has 162 valence electrons. The number of benzene rings is 3. The van der Waals surface area contributed by atoms with E-state index in [9.17, 15) is 0 Å². The predicted molar refractivity (Wildman–Crippen MR) is 122 cm³/mol. The number of fused-ring (bicyclic) bond motifs is 2. The van der Waals surface area contributed by atoms with Gasteiger partial charge in [-0.05, 0) is 55.0 Å². The summed E-state index contributed by atoms with van der Waals surface area (Å²) in [6.45, 7) is 3.17. The SMILES string of the molecule is COc1cc(-c2cc(C)c3ccc(OCCOc4ccccc4)cc3n2)cc2c1OCO2. The molecule has 6 nitrogen and oxygen atoms in total. The van der Waals surface area contributed by atoms with Crippen LogP contribution in [0.2, 0.25) is 0 Å². The maximum atomic E-state index is 5.90. The molecule has 0 saturated carbocycles. The van der Waals surface area contributed by atoms with Crippen LogP contribution < -0.4 is 23.7 Å². The van der Waals surface area contributed by atoms with Gasteiger partial charge in [-0.1, -0.05) is 18.2 Å². The van der Waals surface area contributed by atoms with Crippen molar-refractivity contribution in [2.75, 3.05) is 27.1 Å². The molecule has 0 bridgehead atoms. The first-order valence-electron chi connectivity index (χ1n) is 10.4. The number of rotatable bonds is 7. The lowest BCUT2D eigenvalue weighted by Crippen LogP contribution is -2.08. The van der Waals surface area contributed by atoms with E-state index < -0.39 is 0 Å². The van der Waals surface area contributed by atoms with E-state index in [2.05, 4.69) is 13.0 Å². The second-order valence-electron chi connectivity index (χ2n) is 7.43. The van der Waals surface area contributed by atoms with Crippen LogP contribution in [0.3, 0.4) is 0 Å². The minimum absolute atomic E-state index is 0.189. The van der Waals surface area contributed by atoms with Crippen LogP contribution in [0.1, 0.15) is 5.56 Å². The Labute approximate surface area is 186 Å². The molecule has 0 radical (unpaired) electrons. The van der Waals surface area contributed by atoms with Crippen molar-refractivity contribution in [2.24, 2.45) is 0 Å². The monoisotopic (exact) mass is 429 g/mol. The molecule has 2 heterocycles. The maximum Gasteiger partial charge on any atom is 0.231 e. The highest BCUT2D eigenvalue weighted by atomic mass is 16.7. The van der Waals surface area contributed by atoms with E-state index in [1.807, 2.05) is 60.7 Å². The molecule has 0 N–H and O–H groups in total. The lowest BCUT2D eigenvalue weighted by atomic mass is 10.0. The van der Waals surface area contributed by atoms with Crippen LogP contribution in [0.15, 0.2) is 66.7 Å². The lowest BCUT2D eigenvalue weighted by Gasteiger charge is -2.12. The number of methoxy groups -OCH3 is 1. The molecule has 1 aliphatic rings. The highest BCUT2D eigenvalue weighted by Gasteiger charge is 2.21. The molecule has 0 atom stereocenters. The van der Waals surface area contributed by atoms with Crippen molar-refractivity contribution in [1.29, 1.82) is 0 Å². The Hall–Kier alpha value is -3.93. The van der Waals surface area contributed by atoms with Crippen molar-refractivity contribution in [3.8, 4) is 40.0 Å². The summed E-state index contributed by atoms with van der Waals surface area (Å²) in [6.07, 6.45) is 0. The third-order valence-corrected chi connectivity index (χ3v) is 5.31. The van der Waals surface area contributed by atoms with Crippen molar-refractivity contribution in [3.05, 3.63) is 72.3 Å². The van der Waals surface area contributed by atoms with Crippen LogP contribution in [0.25, 0.3) is 22.2 Å². The van der Waals surface area contributed by atoms with Crippen molar-refractivity contribution in [2.45, 2.75) is 6.92 Å². The van der Waals surface area contributed by atoms with Gasteiger partial charge in [0.25, 0.3) is 0 Å². The summed E-state index contributed by atoms with van der Waals surface area (Å²) in [7, 11) is 1.62. The number of nitrogens with zero attached hydrogens (tertiary/aromatic N) is 1. The molecule has 3 aromatic carbocycles. The van der Waals surface area contributed by atoms with Gasteiger partial charge in [0.2, 0.25) is 12.5 Å². The van der Waals surface area contributed by atoms with E-state index in [-0.39, 0.29) is 6.79 Å². The summed E-state index contributed by atoms with van der Waals surface area (Å²) in [5.41, 5.74) is 3.72. The first-order chi connectivity index (χ1) is 15.7. The molecule has 5 rings (SSSR count). The fourth-order valence-electron chi connectivity index (χ4n) is 3.73. The van der Waals surface area contributed by atoms with Crippen LogP contribution in [-0.4, -0.2) is 32.1 Å². The Morgan fingerprint density at radius 1 is 0.875 bits per heavy atom. The molecule has 4 aromatic rings. The van der Waals surface area contributed by atoms with E-state index in [1.165, 1.54) is 0 Å². The highest BCUT2D eigenvalue weighted by Crippen LogP contribution is 2.44. The molecule has 0 saturated heterocycles. The molecule has 1 aliphatic heterocycles. The van der Waals surface area contributed by atoms with Gasteiger partial charge in [-0.3, -0.25) is 0 Å². The van der Waals surface area contributed by atoms with Gasteiger partial charge in [-0.25, -0.2) is 4.98 Å². The molecule has 0 unspecified atom stereocenters. The molecular weight excluding hydrogens is 406 g/mol. The van der Waals surface area contributed by atoms with Crippen LogP contribution in [-0.2, 0) is 0 Å². The minimum atomic E-state index is 0.189. The van der Waals surface area contributed by atoms with Gasteiger partial charge in [-0.2, -0.15) is 0 Å². The van der Waals surface area contributed by atoms with Gasteiger partial charge >= 0.3 is 0 Å². The molecule has 6 heteroatoms. The lowest BCUT2D eigenvalue weighted by molar-refractivity contribution is 0.171. The normalized spacial score (nSPS) is 12.1. The first kappa shape index (κ1) is 20.0. The smallest absolute Gasteiger partial charge is 0.231 e. The summed E-state index contributed by atoms with van der Waals surface area (Å²) in [4.78, 5) is 4.88. The largest absolute Gasteiger partial charge is 0.493 e. The standard InChI is InChI=1S/C26H23NO5/c1-17-12-22(18-13-24(28-2)26-25(14-18)31-16-32-26)27-23-15-20(8-9-21(17)23)30-11-10-29-19-6-4-3-5-7-19/h3-9,12-15H,10-11,16H2,1-2H3. The van der Waals surface area contributed by atoms with Crippen LogP contribution >= 0.6 is 0 Å². The summed E-state index contributed by atoms with van der Waals surface area (Å²) in [5.74, 6) is 3.50. The van der Waals surface area contributed by atoms with Gasteiger partial charge in [0.15, 0.2) is 11.5 Å². The predicted octanol–water partition coefficient (Wildman–Crippen LogP) is 5.41. The number of pyridine rings is 1. The van der Waals surface area contributed by atoms with Gasteiger partial charge in [0, 0.05) is 17.0 Å². The average Bonchev–Trinajstić information content (AvgIpc) is 3.30. The third-order valence-electron chi connectivity index (χ3n) is 5.31. The summed E-state index contributed by atoms with van der Waals surface area (Å²) >= 11 is 0. The zero-order valence-electron chi connectivity index (χ0n) is 18.0. The molecule has 0 fully saturated rings. The number of aromatic nitrogens is 1. The van der Waals surface area contributed by atoms with E-state index in [0.29, 0.717) is 30.5 Å². The van der Waals surface area contributed by atoms with Crippen molar-refractivity contribution < 1.29 is 23.7 Å². The Balaban J connectivity index is 1.38. The Morgan fingerprint density at radius 2 is 1.69 bits per heavy atom. The molecular formula is C26H23NO5. The Morgan fingerprint density at radius 3 is 2.50 bits per heavy atom. The van der Waals surface area contributed by atoms with E-state index in [0.717, 1.165) is 39.2 Å². The number of hydrogen-bond acceptors (Lipinski definition) is 6. The van der Waals surface area contributed by atoms with E-state index in [1.54, 1.807) is 7.11 Å². The van der Waals surface area contributed by atoms with Gasteiger partial charge in [-0.15, -0.1) is 0 Å². The summed E-state index contributed by atoms with van der Waals surface area (Å²) in [6, 6.07) is 21.6. The average molecular weight is 429 g/mol. The number of ether oxygens (including phenoxy) is 5. The highest BCUT2D eigenvalue weighted by molar-refractivity contribution is 5.86. The van der Waals surface area contributed by atoms with Gasteiger partial charge in [0.05, 0.1) is 18.3 Å². The number of hydrogen-bond donors (Lipinski definition) is 0. The number of para-hydroxylation sites is 1. The van der Waals surface area contributed by atoms with Crippen LogP contribution in [0.5, 0.6) is 28.7 Å². The van der Waals surface area contributed by atoms with Crippen LogP contribution in [0.4, 0.5) is 0 Å². The second kappa shape index (κ2) is 8.67. The molecule has 1 aromatic heterocycles. The molecule has 0 aliphatic carbocycles. The van der Waals surface area contributed by atoms with Crippen molar-refractivity contribution in [1.82, 2.24) is 4.98 Å². The molecule has 0 amide bonds. The summed E-state index contributed by atoms with van der Waals surface area (Å²) < 4.78 is 28.1. The van der Waals surface area contributed by atoms with Gasteiger partial charge < -0.3 is 23.7 Å². The minimum Gasteiger partial charge on any atom is -0.493 e. The fraction of sp³-hybridized carbons (Fsp3) is 0.192. The quantitative estimate of drug-likeness (QED) is 0.366. The summed E-state index contributed by atoms with van der Waals surface area (Å²) in [5, 5.41) is 1.08. The molecule has 0 spiro atoms. The van der Waals surface area contributed by atoms with E-state index in [4.69, 9.17) is 28.7 Å². The zero-order chi connectivity index (χ0) is 21.9. The topological polar surface area (TPSA) is 59.0 Å². The zero-order valence-corrected chi connectivity index (χ0v) is 18.0. The Bertz CT molecular complexity index is 1260. The van der Waals surface area contributed by atoms with Crippen molar-refractivity contribution >= 4 is 10.9 Å². The molecule has 32 heavy (non-hydrogen) atoms. The van der Waals surface area contributed by atoms with Crippen LogP contribution in [0, 0.1) is 6.92 Å². The fourth-order valence-corrected chi connectivity index (χ4v) is 3.73. The third kappa shape index (κ3) is 3.99. The maximum absolute atomic E-state index is 5.90. The first-order valence-corrected chi connectivity index (χ1v) is 10.4. The second-order valence-corrected chi connectivity index (χ2v) is 7.43. The van der Waals surface area contributed by atoms with Gasteiger partial charge in [0.1, 0.15) is 24.7 Å². The van der Waals surface area contributed by atoms with E-state index >= 15 is 0 Å². The number of aryl methyl sites for hydroxylation is 1. The van der Waals surface area contributed by atoms with Crippen molar-refractivity contribution in [3.63, 3.8) is 0 Å². The Kier molecular flexibility index (Phi) is 5.42.